The lowest BCUT2D eigenvalue weighted by Gasteiger charge is -2.42. The SMILES string of the molecule is Cc1nc(N2CCC3(CCC[C@H]3N)CC2)c(CO)nc1-c1ccc(F)c(C#N)c1F. The number of hydrogen-bond donors (Lipinski definition) is 2. The third kappa shape index (κ3) is 3.32. The summed E-state index contributed by atoms with van der Waals surface area (Å²) in [6, 6.07) is 4.07. The molecule has 0 amide bonds. The number of nitriles is 1. The fourth-order valence-electron chi connectivity index (χ4n) is 4.94. The van der Waals surface area contributed by atoms with Gasteiger partial charge in [0.2, 0.25) is 0 Å². The van der Waals surface area contributed by atoms with Crippen LogP contribution in [0.4, 0.5) is 14.6 Å². The lowest BCUT2D eigenvalue weighted by molar-refractivity contribution is 0.196. The molecule has 2 fully saturated rings. The molecule has 4 rings (SSSR count). The minimum atomic E-state index is -0.971. The second-order valence-electron chi connectivity index (χ2n) is 8.33. The Bertz CT molecular complexity index is 1010. The molecule has 6 nitrogen and oxygen atoms in total. The van der Waals surface area contributed by atoms with E-state index in [9.17, 15) is 13.9 Å². The summed E-state index contributed by atoms with van der Waals surface area (Å²) < 4.78 is 28.4. The first-order chi connectivity index (χ1) is 14.4. The van der Waals surface area contributed by atoms with E-state index in [1.54, 1.807) is 13.0 Å². The maximum atomic E-state index is 14.7. The van der Waals surface area contributed by atoms with Crippen LogP contribution in [-0.4, -0.2) is 34.2 Å². The molecule has 30 heavy (non-hydrogen) atoms. The maximum Gasteiger partial charge on any atom is 0.153 e. The van der Waals surface area contributed by atoms with E-state index in [0.717, 1.165) is 44.8 Å². The fourth-order valence-corrected chi connectivity index (χ4v) is 4.94. The summed E-state index contributed by atoms with van der Waals surface area (Å²) >= 11 is 0. The zero-order valence-corrected chi connectivity index (χ0v) is 17.0. The molecule has 1 aromatic heterocycles. The molecule has 3 N–H and O–H groups in total. The van der Waals surface area contributed by atoms with Crippen molar-refractivity contribution in [1.82, 2.24) is 9.97 Å². The van der Waals surface area contributed by atoms with Crippen molar-refractivity contribution in [3.63, 3.8) is 0 Å². The number of rotatable bonds is 3. The van der Waals surface area contributed by atoms with E-state index in [4.69, 9.17) is 11.0 Å². The molecule has 8 heteroatoms. The normalized spacial score (nSPS) is 20.5. The monoisotopic (exact) mass is 413 g/mol. The van der Waals surface area contributed by atoms with Crippen molar-refractivity contribution in [2.24, 2.45) is 11.1 Å². The van der Waals surface area contributed by atoms with Crippen LogP contribution < -0.4 is 10.6 Å². The van der Waals surface area contributed by atoms with E-state index >= 15 is 0 Å². The molecular weight excluding hydrogens is 388 g/mol. The van der Waals surface area contributed by atoms with Gasteiger partial charge in [-0.1, -0.05) is 6.42 Å². The van der Waals surface area contributed by atoms with E-state index in [1.165, 1.54) is 12.5 Å². The number of aromatic nitrogens is 2. The number of aryl methyl sites for hydroxylation is 1. The predicted molar refractivity (Wildman–Crippen MR) is 108 cm³/mol. The fraction of sp³-hybridized carbons (Fsp3) is 0.500. The molecular formula is C22H25F2N5O. The smallest absolute Gasteiger partial charge is 0.153 e. The van der Waals surface area contributed by atoms with Gasteiger partial charge in [-0.15, -0.1) is 0 Å². The van der Waals surface area contributed by atoms with Crippen LogP contribution in [0.2, 0.25) is 0 Å². The Balaban J connectivity index is 1.67. The zero-order valence-electron chi connectivity index (χ0n) is 17.0. The summed E-state index contributed by atoms with van der Waals surface area (Å²) in [5.41, 5.74) is 6.89. The number of nitrogens with zero attached hydrogens (tertiary/aromatic N) is 4. The number of piperidine rings is 1. The van der Waals surface area contributed by atoms with Gasteiger partial charge in [0.25, 0.3) is 0 Å². The Kier molecular flexibility index (Phi) is 5.43. The Morgan fingerprint density at radius 3 is 2.60 bits per heavy atom. The molecule has 1 spiro atoms. The van der Waals surface area contributed by atoms with Gasteiger partial charge in [0.1, 0.15) is 23.1 Å². The Morgan fingerprint density at radius 2 is 2.00 bits per heavy atom. The number of aliphatic hydroxyl groups is 1. The molecule has 2 aromatic rings. The van der Waals surface area contributed by atoms with Gasteiger partial charge >= 0.3 is 0 Å². The van der Waals surface area contributed by atoms with Crippen molar-refractivity contribution in [1.29, 1.82) is 5.26 Å². The number of anilines is 1. The number of aliphatic hydroxyl groups excluding tert-OH is 1. The van der Waals surface area contributed by atoms with Crippen LogP contribution in [0.3, 0.4) is 0 Å². The van der Waals surface area contributed by atoms with Gasteiger partial charge in [-0.25, -0.2) is 18.7 Å². The number of benzene rings is 1. The topological polar surface area (TPSA) is 99.1 Å². The summed E-state index contributed by atoms with van der Waals surface area (Å²) in [5, 5.41) is 19.0. The van der Waals surface area contributed by atoms with Gasteiger partial charge in [-0.05, 0) is 50.2 Å². The maximum absolute atomic E-state index is 14.7. The van der Waals surface area contributed by atoms with Crippen molar-refractivity contribution in [3.05, 3.63) is 40.7 Å². The molecule has 158 valence electrons. The number of halogens is 2. The van der Waals surface area contributed by atoms with Crippen molar-refractivity contribution in [2.75, 3.05) is 18.0 Å². The van der Waals surface area contributed by atoms with Crippen LogP contribution in [-0.2, 0) is 6.61 Å². The molecule has 1 saturated carbocycles. The van der Waals surface area contributed by atoms with E-state index in [-0.39, 0.29) is 29.3 Å². The van der Waals surface area contributed by atoms with Gasteiger partial charge in [0, 0.05) is 24.7 Å². The molecule has 1 atom stereocenters. The molecule has 1 aliphatic carbocycles. The van der Waals surface area contributed by atoms with Crippen molar-refractivity contribution in [3.8, 4) is 17.3 Å². The van der Waals surface area contributed by atoms with Gasteiger partial charge < -0.3 is 15.7 Å². The first kappa shape index (κ1) is 20.6. The van der Waals surface area contributed by atoms with E-state index in [2.05, 4.69) is 14.9 Å². The highest BCUT2D eigenvalue weighted by Crippen LogP contribution is 2.46. The van der Waals surface area contributed by atoms with Crippen LogP contribution in [0.5, 0.6) is 0 Å². The van der Waals surface area contributed by atoms with Gasteiger partial charge in [-0.3, -0.25) is 0 Å². The van der Waals surface area contributed by atoms with Crippen LogP contribution in [0.25, 0.3) is 11.3 Å². The Labute approximate surface area is 174 Å². The highest BCUT2D eigenvalue weighted by atomic mass is 19.1. The Hall–Kier alpha value is -2.63. The molecule has 1 aliphatic heterocycles. The molecule has 2 heterocycles. The third-order valence-electron chi connectivity index (χ3n) is 6.76. The standard InChI is InChI=1S/C22H25F2N5O/c1-13-20(14-4-5-16(23)15(11-25)19(14)24)28-17(12-30)21(27-13)29-9-7-22(8-10-29)6-2-3-18(22)26/h4-5,18,30H,2-3,6-10,12,26H2,1H3/t18-/m1/s1. The predicted octanol–water partition coefficient (Wildman–Crippen LogP) is 3.19. The summed E-state index contributed by atoms with van der Waals surface area (Å²) in [6.45, 7) is 2.89. The second kappa shape index (κ2) is 7.89. The second-order valence-corrected chi connectivity index (χ2v) is 8.33. The molecule has 2 aliphatic rings. The van der Waals surface area contributed by atoms with Crippen molar-refractivity contribution >= 4 is 5.82 Å². The highest BCUT2D eigenvalue weighted by molar-refractivity contribution is 5.66. The molecule has 0 radical (unpaired) electrons. The summed E-state index contributed by atoms with van der Waals surface area (Å²) in [4.78, 5) is 11.2. The minimum Gasteiger partial charge on any atom is -0.390 e. The number of hydrogen-bond acceptors (Lipinski definition) is 6. The van der Waals surface area contributed by atoms with Gasteiger partial charge in [-0.2, -0.15) is 5.26 Å². The minimum absolute atomic E-state index is 0.00581. The molecule has 0 unspecified atom stereocenters. The number of nitrogens with two attached hydrogens (primary N) is 1. The summed E-state index contributed by atoms with van der Waals surface area (Å²) in [5.74, 6) is -1.30. The van der Waals surface area contributed by atoms with Crippen LogP contribution in [0.1, 0.15) is 49.1 Å². The van der Waals surface area contributed by atoms with Gasteiger partial charge in [0.05, 0.1) is 18.0 Å². The van der Waals surface area contributed by atoms with Crippen LogP contribution >= 0.6 is 0 Å². The highest BCUT2D eigenvalue weighted by Gasteiger charge is 2.43. The van der Waals surface area contributed by atoms with E-state index < -0.39 is 17.2 Å². The quantitative estimate of drug-likeness (QED) is 0.802. The largest absolute Gasteiger partial charge is 0.390 e. The third-order valence-corrected chi connectivity index (χ3v) is 6.76. The average Bonchev–Trinajstić information content (AvgIpc) is 3.09. The first-order valence-electron chi connectivity index (χ1n) is 10.3. The van der Waals surface area contributed by atoms with Crippen LogP contribution in [0, 0.1) is 35.3 Å². The molecule has 0 bridgehead atoms. The Morgan fingerprint density at radius 1 is 1.27 bits per heavy atom. The first-order valence-corrected chi connectivity index (χ1v) is 10.3. The summed E-state index contributed by atoms with van der Waals surface area (Å²) in [6.07, 6.45) is 5.34. The van der Waals surface area contributed by atoms with Crippen molar-refractivity contribution in [2.45, 2.75) is 51.7 Å². The molecule has 1 saturated heterocycles. The summed E-state index contributed by atoms with van der Waals surface area (Å²) in [7, 11) is 0. The van der Waals surface area contributed by atoms with E-state index in [0.29, 0.717) is 17.2 Å². The lowest BCUT2D eigenvalue weighted by atomic mass is 9.74. The van der Waals surface area contributed by atoms with Crippen molar-refractivity contribution < 1.29 is 13.9 Å². The molecule has 1 aromatic carbocycles. The van der Waals surface area contributed by atoms with E-state index in [1.807, 2.05) is 0 Å². The zero-order chi connectivity index (χ0) is 21.5. The lowest BCUT2D eigenvalue weighted by Crippen LogP contribution is -2.47. The average molecular weight is 413 g/mol. The van der Waals surface area contributed by atoms with Crippen LogP contribution in [0.15, 0.2) is 12.1 Å². The van der Waals surface area contributed by atoms with Gasteiger partial charge in [0.15, 0.2) is 11.6 Å².